The summed E-state index contributed by atoms with van der Waals surface area (Å²) in [5.41, 5.74) is 7.68. The highest BCUT2D eigenvalue weighted by Crippen LogP contribution is 2.37. The molecule has 0 saturated carbocycles. The van der Waals surface area contributed by atoms with E-state index >= 15 is 0 Å². The van der Waals surface area contributed by atoms with Gasteiger partial charge >= 0.3 is 0 Å². The topological polar surface area (TPSA) is 37.0 Å². The molecular formula is C20H21BrN2O. The van der Waals surface area contributed by atoms with Gasteiger partial charge in [0.05, 0.1) is 13.2 Å². The number of fused-ring (bicyclic) bond motifs is 3. The van der Waals surface area contributed by atoms with Crippen molar-refractivity contribution in [2.45, 2.75) is 26.3 Å². The monoisotopic (exact) mass is 384 g/mol. The lowest BCUT2D eigenvalue weighted by Gasteiger charge is -2.27. The Morgan fingerprint density at radius 2 is 1.96 bits per heavy atom. The molecule has 24 heavy (non-hydrogen) atoms. The summed E-state index contributed by atoms with van der Waals surface area (Å²) in [7, 11) is 1.73. The zero-order valence-electron chi connectivity index (χ0n) is 14.2. The standard InChI is InChI=1S/C20H21BrN2O/c1-11-9-18(24-3)12(2)8-15(11)19-20-14(6-7-22-19)16-10-13(21)4-5-17(16)23-20/h4-5,8-10,19,22-23H,6-7H2,1-3H3. The molecule has 0 radical (unpaired) electrons. The zero-order chi connectivity index (χ0) is 16.8. The molecule has 2 aromatic carbocycles. The van der Waals surface area contributed by atoms with Crippen LogP contribution in [0, 0.1) is 13.8 Å². The first kappa shape index (κ1) is 15.7. The molecule has 124 valence electrons. The fourth-order valence-corrected chi connectivity index (χ4v) is 4.17. The van der Waals surface area contributed by atoms with Crippen LogP contribution in [0.5, 0.6) is 5.75 Å². The highest BCUT2D eigenvalue weighted by molar-refractivity contribution is 9.10. The smallest absolute Gasteiger partial charge is 0.122 e. The summed E-state index contributed by atoms with van der Waals surface area (Å²) >= 11 is 3.60. The van der Waals surface area contributed by atoms with E-state index in [1.165, 1.54) is 38.9 Å². The number of aryl methyl sites for hydroxylation is 2. The summed E-state index contributed by atoms with van der Waals surface area (Å²) in [5.74, 6) is 0.952. The van der Waals surface area contributed by atoms with E-state index in [0.717, 1.165) is 23.2 Å². The Labute approximate surface area is 150 Å². The second kappa shape index (κ2) is 5.94. The fourth-order valence-electron chi connectivity index (χ4n) is 3.81. The number of ether oxygens (including phenoxy) is 1. The highest BCUT2D eigenvalue weighted by atomic mass is 79.9. The third-order valence-electron chi connectivity index (χ3n) is 5.01. The van der Waals surface area contributed by atoms with Gasteiger partial charge < -0.3 is 15.0 Å². The molecule has 1 unspecified atom stereocenters. The Kier molecular flexibility index (Phi) is 3.89. The van der Waals surface area contributed by atoms with E-state index in [1.54, 1.807) is 7.11 Å². The molecule has 1 aromatic heterocycles. The molecule has 4 heteroatoms. The van der Waals surface area contributed by atoms with Crippen LogP contribution in [0.1, 0.15) is 34.0 Å². The molecule has 0 bridgehead atoms. The lowest BCUT2D eigenvalue weighted by atomic mass is 9.90. The van der Waals surface area contributed by atoms with Crippen LogP contribution >= 0.6 is 15.9 Å². The van der Waals surface area contributed by atoms with E-state index in [-0.39, 0.29) is 6.04 Å². The number of benzene rings is 2. The number of aromatic nitrogens is 1. The molecule has 2 heterocycles. The van der Waals surface area contributed by atoms with Gasteiger partial charge in [-0.2, -0.15) is 0 Å². The van der Waals surface area contributed by atoms with Crippen molar-refractivity contribution >= 4 is 26.8 Å². The van der Waals surface area contributed by atoms with E-state index in [1.807, 2.05) is 0 Å². The Hall–Kier alpha value is -1.78. The van der Waals surface area contributed by atoms with Gasteiger partial charge in [-0.15, -0.1) is 0 Å². The fraction of sp³-hybridized carbons (Fsp3) is 0.300. The Balaban J connectivity index is 1.88. The predicted molar refractivity (Wildman–Crippen MR) is 102 cm³/mol. The average Bonchev–Trinajstić information content (AvgIpc) is 2.94. The summed E-state index contributed by atoms with van der Waals surface area (Å²) in [5, 5.41) is 5.02. The Morgan fingerprint density at radius 3 is 2.75 bits per heavy atom. The largest absolute Gasteiger partial charge is 0.496 e. The predicted octanol–water partition coefficient (Wildman–Crippen LogP) is 4.79. The molecule has 1 aliphatic rings. The van der Waals surface area contributed by atoms with Gasteiger partial charge in [-0.05, 0) is 66.8 Å². The zero-order valence-corrected chi connectivity index (χ0v) is 15.8. The van der Waals surface area contributed by atoms with Crippen LogP contribution in [-0.2, 0) is 6.42 Å². The van der Waals surface area contributed by atoms with E-state index in [9.17, 15) is 0 Å². The minimum atomic E-state index is 0.199. The lowest BCUT2D eigenvalue weighted by Crippen LogP contribution is -2.31. The number of H-pyrrole nitrogens is 1. The van der Waals surface area contributed by atoms with E-state index < -0.39 is 0 Å². The van der Waals surface area contributed by atoms with Crippen molar-refractivity contribution in [1.82, 2.24) is 10.3 Å². The molecule has 0 aliphatic carbocycles. The second-order valence-corrected chi connectivity index (χ2v) is 7.44. The van der Waals surface area contributed by atoms with Gasteiger partial charge in [0.15, 0.2) is 0 Å². The van der Waals surface area contributed by atoms with Crippen molar-refractivity contribution in [2.24, 2.45) is 0 Å². The van der Waals surface area contributed by atoms with Gasteiger partial charge in [0.1, 0.15) is 5.75 Å². The van der Waals surface area contributed by atoms with Crippen molar-refractivity contribution < 1.29 is 4.74 Å². The van der Waals surface area contributed by atoms with Gasteiger partial charge in [-0.1, -0.05) is 22.0 Å². The maximum Gasteiger partial charge on any atom is 0.122 e. The van der Waals surface area contributed by atoms with Gasteiger partial charge in [-0.25, -0.2) is 0 Å². The third kappa shape index (κ3) is 2.45. The number of hydrogen-bond donors (Lipinski definition) is 2. The molecule has 1 aliphatic heterocycles. The van der Waals surface area contributed by atoms with Gasteiger partial charge in [0, 0.05) is 27.6 Å². The molecule has 2 N–H and O–H groups in total. The number of rotatable bonds is 2. The van der Waals surface area contributed by atoms with Crippen LogP contribution in [0.15, 0.2) is 34.8 Å². The van der Waals surface area contributed by atoms with Gasteiger partial charge in [0.25, 0.3) is 0 Å². The van der Waals surface area contributed by atoms with Crippen molar-refractivity contribution in [3.05, 3.63) is 62.8 Å². The van der Waals surface area contributed by atoms with Crippen LogP contribution in [0.25, 0.3) is 10.9 Å². The Morgan fingerprint density at radius 1 is 1.12 bits per heavy atom. The average molecular weight is 385 g/mol. The normalized spacial score (nSPS) is 17.1. The maximum absolute atomic E-state index is 5.47. The Bertz CT molecular complexity index is 929. The number of methoxy groups -OCH3 is 1. The molecule has 3 aromatic rings. The van der Waals surface area contributed by atoms with Crippen LogP contribution in [0.3, 0.4) is 0 Å². The first-order chi connectivity index (χ1) is 11.6. The number of aromatic amines is 1. The number of halogens is 1. The van der Waals surface area contributed by atoms with Crippen molar-refractivity contribution in [2.75, 3.05) is 13.7 Å². The van der Waals surface area contributed by atoms with E-state index in [4.69, 9.17) is 4.74 Å². The lowest BCUT2D eigenvalue weighted by molar-refractivity contribution is 0.411. The first-order valence-corrected chi connectivity index (χ1v) is 9.06. The van der Waals surface area contributed by atoms with Crippen molar-refractivity contribution in [3.8, 4) is 5.75 Å². The van der Waals surface area contributed by atoms with Gasteiger partial charge in [-0.3, -0.25) is 0 Å². The molecule has 0 fully saturated rings. The molecule has 0 spiro atoms. The summed E-state index contributed by atoms with van der Waals surface area (Å²) in [6, 6.07) is 11.1. The first-order valence-electron chi connectivity index (χ1n) is 8.27. The van der Waals surface area contributed by atoms with E-state index in [2.05, 4.69) is 70.4 Å². The van der Waals surface area contributed by atoms with Crippen LogP contribution < -0.4 is 10.1 Å². The second-order valence-electron chi connectivity index (χ2n) is 6.52. The highest BCUT2D eigenvalue weighted by Gasteiger charge is 2.26. The quantitative estimate of drug-likeness (QED) is 0.666. The minimum Gasteiger partial charge on any atom is -0.496 e. The summed E-state index contributed by atoms with van der Waals surface area (Å²) < 4.78 is 6.59. The third-order valence-corrected chi connectivity index (χ3v) is 5.50. The maximum atomic E-state index is 5.47. The summed E-state index contributed by atoms with van der Waals surface area (Å²) in [6.07, 6.45) is 1.05. The molecule has 0 amide bonds. The van der Waals surface area contributed by atoms with Crippen LogP contribution in [-0.4, -0.2) is 18.6 Å². The number of hydrogen-bond acceptors (Lipinski definition) is 2. The van der Waals surface area contributed by atoms with Crippen LogP contribution in [0.2, 0.25) is 0 Å². The summed E-state index contributed by atoms with van der Waals surface area (Å²) in [4.78, 5) is 3.65. The molecule has 1 atom stereocenters. The minimum absolute atomic E-state index is 0.199. The molecule has 3 nitrogen and oxygen atoms in total. The molecular weight excluding hydrogens is 364 g/mol. The van der Waals surface area contributed by atoms with Crippen LogP contribution in [0.4, 0.5) is 0 Å². The SMILES string of the molecule is COc1cc(C)c(C2NCCc3c2[nH]c2ccc(Br)cc32)cc1C. The van der Waals surface area contributed by atoms with Gasteiger partial charge in [0.2, 0.25) is 0 Å². The van der Waals surface area contributed by atoms with Crippen molar-refractivity contribution in [3.63, 3.8) is 0 Å². The van der Waals surface area contributed by atoms with Crippen molar-refractivity contribution in [1.29, 1.82) is 0 Å². The molecule has 0 saturated heterocycles. The molecule has 4 rings (SSSR count). The van der Waals surface area contributed by atoms with E-state index in [0.29, 0.717) is 0 Å². The summed E-state index contributed by atoms with van der Waals surface area (Å²) in [6.45, 7) is 5.25. The number of nitrogens with one attached hydrogen (secondary N) is 2.